The monoisotopic (exact) mass is 418 g/mol. The zero-order chi connectivity index (χ0) is 20.8. The molecule has 0 bridgehead atoms. The van der Waals surface area contributed by atoms with Gasteiger partial charge in [-0.3, -0.25) is 4.99 Å². The van der Waals surface area contributed by atoms with Gasteiger partial charge in [0.1, 0.15) is 16.7 Å². The molecule has 11 heteroatoms. The third kappa shape index (κ3) is 4.72. The number of amidine groups is 2. The molecular weight excluding hydrogens is 400 g/mol. The van der Waals surface area contributed by atoms with E-state index in [1.165, 1.54) is 14.2 Å². The minimum Gasteiger partial charge on any atom is -0.494 e. The number of ether oxygens (including phenoxy) is 2. The fraction of sp³-hybridized carbons (Fsp3) is 0.278. The lowest BCUT2D eigenvalue weighted by Gasteiger charge is -2.18. The van der Waals surface area contributed by atoms with E-state index in [4.69, 9.17) is 21.1 Å². The van der Waals surface area contributed by atoms with E-state index >= 15 is 0 Å². The number of pyridine rings is 1. The van der Waals surface area contributed by atoms with Gasteiger partial charge in [0.05, 0.1) is 25.9 Å². The van der Waals surface area contributed by atoms with Crippen LogP contribution >= 0.6 is 11.6 Å². The number of benzene rings is 1. The van der Waals surface area contributed by atoms with Crippen LogP contribution in [-0.4, -0.2) is 53.8 Å². The molecule has 0 saturated carbocycles. The fourth-order valence-corrected chi connectivity index (χ4v) is 2.92. The molecule has 10 nitrogen and oxygen atoms in total. The number of nitrogens with zero attached hydrogens (tertiary/aromatic N) is 5. The normalized spacial score (nSPS) is 13.8. The number of hydrogen-bond donors (Lipinski definition) is 1. The second-order valence-electron chi connectivity index (χ2n) is 5.96. The minimum atomic E-state index is -0.577. The molecule has 0 saturated heterocycles. The summed E-state index contributed by atoms with van der Waals surface area (Å²) >= 11 is 5.81. The molecule has 29 heavy (non-hydrogen) atoms. The van der Waals surface area contributed by atoms with E-state index in [2.05, 4.69) is 20.5 Å². The molecule has 1 aliphatic rings. The van der Waals surface area contributed by atoms with Crippen molar-refractivity contribution in [2.75, 3.05) is 32.7 Å². The zero-order valence-electron chi connectivity index (χ0n) is 15.8. The van der Waals surface area contributed by atoms with Crippen molar-refractivity contribution in [1.29, 1.82) is 0 Å². The molecule has 2 heterocycles. The predicted molar refractivity (Wildman–Crippen MR) is 110 cm³/mol. The van der Waals surface area contributed by atoms with Crippen LogP contribution in [0.3, 0.4) is 0 Å². The van der Waals surface area contributed by atoms with Crippen LogP contribution < -0.4 is 14.9 Å². The van der Waals surface area contributed by atoms with Crippen LogP contribution in [0.1, 0.15) is 5.56 Å². The highest BCUT2D eigenvalue weighted by Gasteiger charge is 2.31. The summed E-state index contributed by atoms with van der Waals surface area (Å²) in [6.45, 7) is 1.36. The van der Waals surface area contributed by atoms with Gasteiger partial charge in [0, 0.05) is 19.3 Å². The summed E-state index contributed by atoms with van der Waals surface area (Å²) in [7, 11) is 2.97. The van der Waals surface area contributed by atoms with Crippen LogP contribution in [0.25, 0.3) is 0 Å². The first-order valence-corrected chi connectivity index (χ1v) is 9.00. The maximum absolute atomic E-state index is 11.7. The Kier molecular flexibility index (Phi) is 6.45. The van der Waals surface area contributed by atoms with Gasteiger partial charge in [-0.1, -0.05) is 23.7 Å². The molecule has 0 aliphatic carbocycles. The van der Waals surface area contributed by atoms with Gasteiger partial charge >= 0.3 is 5.84 Å². The predicted octanol–water partition coefficient (Wildman–Crippen LogP) is 2.67. The average Bonchev–Trinajstić information content (AvgIpc) is 3.17. The Morgan fingerprint density at radius 1 is 1.31 bits per heavy atom. The van der Waals surface area contributed by atoms with Crippen molar-refractivity contribution >= 4 is 29.0 Å². The third-order valence-corrected chi connectivity index (χ3v) is 4.39. The summed E-state index contributed by atoms with van der Waals surface area (Å²) in [5, 5.41) is 16.1. The molecule has 0 spiro atoms. The van der Waals surface area contributed by atoms with Gasteiger partial charge in [0.2, 0.25) is 5.84 Å². The van der Waals surface area contributed by atoms with Crippen molar-refractivity contribution in [3.05, 3.63) is 57.4 Å². The number of halogens is 1. The smallest absolute Gasteiger partial charge is 0.430 e. The average molecular weight is 419 g/mol. The van der Waals surface area contributed by atoms with Gasteiger partial charge in [0.25, 0.3) is 0 Å². The van der Waals surface area contributed by atoms with E-state index in [9.17, 15) is 10.1 Å². The molecule has 152 valence electrons. The Bertz CT molecular complexity index is 926. The number of nitro groups is 1. The van der Waals surface area contributed by atoms with E-state index in [-0.39, 0.29) is 5.84 Å². The van der Waals surface area contributed by atoms with Crippen LogP contribution in [0.2, 0.25) is 5.15 Å². The van der Waals surface area contributed by atoms with Crippen molar-refractivity contribution in [3.8, 4) is 11.5 Å². The van der Waals surface area contributed by atoms with Gasteiger partial charge in [-0.2, -0.15) is 5.43 Å². The maximum Gasteiger partial charge on any atom is 0.430 e. The first kappa shape index (κ1) is 20.3. The number of nitrogens with one attached hydrogen (secondary N) is 1. The molecule has 0 unspecified atom stereocenters. The molecule has 1 aromatic heterocycles. The quantitative estimate of drug-likeness (QED) is 0.241. The van der Waals surface area contributed by atoms with E-state index in [1.54, 1.807) is 35.4 Å². The largest absolute Gasteiger partial charge is 0.494 e. The van der Waals surface area contributed by atoms with Crippen molar-refractivity contribution in [1.82, 2.24) is 9.88 Å². The first-order chi connectivity index (χ1) is 14.0. The lowest BCUT2D eigenvalue weighted by Crippen LogP contribution is -2.37. The van der Waals surface area contributed by atoms with Gasteiger partial charge in [-0.25, -0.2) is 4.98 Å². The topological polar surface area (TPSA) is 114 Å². The van der Waals surface area contributed by atoms with E-state index in [1.807, 2.05) is 6.07 Å². The lowest BCUT2D eigenvalue weighted by atomic mass is 10.2. The van der Waals surface area contributed by atoms with Crippen molar-refractivity contribution in [3.63, 3.8) is 0 Å². The van der Waals surface area contributed by atoms with Crippen LogP contribution in [0.4, 0.5) is 5.69 Å². The molecule has 3 rings (SSSR count). The van der Waals surface area contributed by atoms with E-state index in [0.717, 1.165) is 5.56 Å². The summed E-state index contributed by atoms with van der Waals surface area (Å²) in [4.78, 5) is 21.2. The highest BCUT2D eigenvalue weighted by atomic mass is 35.5. The first-order valence-electron chi connectivity index (χ1n) is 8.62. The molecule has 0 fully saturated rings. The molecule has 1 aliphatic heterocycles. The highest BCUT2D eigenvalue weighted by molar-refractivity contribution is 6.37. The molecule has 1 aromatic carbocycles. The van der Waals surface area contributed by atoms with Crippen molar-refractivity contribution in [2.45, 2.75) is 6.54 Å². The maximum atomic E-state index is 11.7. The van der Waals surface area contributed by atoms with E-state index in [0.29, 0.717) is 42.0 Å². The Hall–Kier alpha value is -3.40. The van der Waals surface area contributed by atoms with Gasteiger partial charge in [-0.15, -0.1) is 0 Å². The van der Waals surface area contributed by atoms with Gasteiger partial charge < -0.3 is 24.5 Å². The second-order valence-corrected chi connectivity index (χ2v) is 6.35. The molecule has 0 radical (unpaired) electrons. The molecular formula is C18H19ClN6O4. The van der Waals surface area contributed by atoms with Gasteiger partial charge in [0.15, 0.2) is 5.69 Å². The number of rotatable bonds is 7. The molecule has 2 aromatic rings. The van der Waals surface area contributed by atoms with Crippen molar-refractivity contribution in [2.24, 2.45) is 10.1 Å². The fourth-order valence-electron chi connectivity index (χ4n) is 2.81. The Balaban J connectivity index is 1.85. The summed E-state index contributed by atoms with van der Waals surface area (Å²) in [5.41, 5.74) is 3.92. The molecule has 0 atom stereocenters. The highest BCUT2D eigenvalue weighted by Crippen LogP contribution is 2.34. The van der Waals surface area contributed by atoms with Crippen LogP contribution in [0, 0.1) is 10.1 Å². The molecule has 0 amide bonds. The second kappa shape index (κ2) is 9.20. The number of para-hydroxylation sites is 1. The zero-order valence-corrected chi connectivity index (χ0v) is 16.6. The number of hydrazone groups is 1. The van der Waals surface area contributed by atoms with Crippen molar-refractivity contribution < 1.29 is 14.4 Å². The van der Waals surface area contributed by atoms with Crippen LogP contribution in [-0.2, 0) is 6.54 Å². The summed E-state index contributed by atoms with van der Waals surface area (Å²) in [6.07, 6.45) is 1.62. The SMILES string of the molecule is COc1cccc(OC)c1N/N=C(/C1=NCCN1Cc1ccc(Cl)nc1)[N+](=O)[O-]. The standard InChI is InChI=1S/C18H19ClN6O4/c1-28-13-4-3-5-14(29-2)16(13)22-23-18(25(26)27)17-20-8-9-24(17)11-12-6-7-15(19)21-10-12/h3-7,10,22H,8-9,11H2,1-2H3/b23-18-. The summed E-state index contributed by atoms with van der Waals surface area (Å²) < 4.78 is 10.6. The number of aliphatic imine (C=N–C) groups is 1. The number of aromatic nitrogens is 1. The summed E-state index contributed by atoms with van der Waals surface area (Å²) in [5.74, 6) is 0.658. The Morgan fingerprint density at radius 2 is 2.03 bits per heavy atom. The molecule has 1 N–H and O–H groups in total. The van der Waals surface area contributed by atoms with E-state index < -0.39 is 10.8 Å². The number of anilines is 1. The Labute approximate surface area is 172 Å². The third-order valence-electron chi connectivity index (χ3n) is 4.17. The van der Waals surface area contributed by atoms with Gasteiger partial charge in [-0.05, 0) is 28.7 Å². The van der Waals surface area contributed by atoms with Crippen LogP contribution in [0.15, 0.2) is 46.6 Å². The lowest BCUT2D eigenvalue weighted by molar-refractivity contribution is -0.346. The Morgan fingerprint density at radius 3 is 2.62 bits per heavy atom. The summed E-state index contributed by atoms with van der Waals surface area (Å²) in [6, 6.07) is 8.61. The minimum absolute atomic E-state index is 0.186. The van der Waals surface area contributed by atoms with Crippen LogP contribution in [0.5, 0.6) is 11.5 Å². The number of hydrogen-bond acceptors (Lipinski definition) is 9. The number of methoxy groups -OCH3 is 2.